The number of rotatable bonds is 7. The van der Waals surface area contributed by atoms with E-state index in [1.54, 1.807) is 11.6 Å². The van der Waals surface area contributed by atoms with Crippen LogP contribution in [0.4, 0.5) is 0 Å². The van der Waals surface area contributed by atoms with Gasteiger partial charge in [0.05, 0.1) is 0 Å². The zero-order valence-electron chi connectivity index (χ0n) is 16.7. The number of nitrogens with zero attached hydrogens (tertiary/aromatic N) is 3. The van der Waals surface area contributed by atoms with Crippen LogP contribution in [0.3, 0.4) is 0 Å². The predicted molar refractivity (Wildman–Crippen MR) is 105 cm³/mol. The molecule has 1 aromatic rings. The molecule has 1 aliphatic rings. The highest BCUT2D eigenvalue weighted by Crippen LogP contribution is 2.10. The number of carbonyl (C=O) groups is 2. The van der Waals surface area contributed by atoms with Gasteiger partial charge in [0.1, 0.15) is 0 Å². The second kappa shape index (κ2) is 12.1. The van der Waals surface area contributed by atoms with Crippen molar-refractivity contribution in [2.45, 2.75) is 58.4 Å². The van der Waals surface area contributed by atoms with Gasteiger partial charge in [0.15, 0.2) is 0 Å². The van der Waals surface area contributed by atoms with E-state index in [-0.39, 0.29) is 11.2 Å². The highest BCUT2D eigenvalue weighted by atomic mass is 16.4. The summed E-state index contributed by atoms with van der Waals surface area (Å²) in [4.78, 5) is 44.4. The topological polar surface area (TPSA) is 122 Å². The number of likely N-dealkylation sites (tertiary alicyclic amines) is 1. The van der Waals surface area contributed by atoms with Gasteiger partial charge in [-0.2, -0.15) is 0 Å². The fraction of sp³-hybridized carbons (Fsp3) is 0.684. The molecular formula is C19H31N3O6. The first-order valence-corrected chi connectivity index (χ1v) is 9.70. The average Bonchev–Trinajstić information content (AvgIpc) is 2.66. The van der Waals surface area contributed by atoms with Gasteiger partial charge in [-0.25, -0.2) is 14.4 Å². The number of hydrogen-bond acceptors (Lipinski definition) is 5. The highest BCUT2D eigenvalue weighted by Gasteiger charge is 2.09. The average molecular weight is 397 g/mol. The first-order valence-electron chi connectivity index (χ1n) is 9.70. The van der Waals surface area contributed by atoms with Gasteiger partial charge in [0, 0.05) is 25.4 Å². The molecule has 0 bridgehead atoms. The maximum atomic E-state index is 12.1. The maximum Gasteiger partial charge on any atom is 0.414 e. The van der Waals surface area contributed by atoms with E-state index < -0.39 is 11.9 Å². The number of hydrogen-bond donors (Lipinski definition) is 2. The summed E-state index contributed by atoms with van der Waals surface area (Å²) >= 11 is 0. The molecule has 2 rings (SSSR count). The molecule has 1 aromatic heterocycles. The molecule has 0 spiro atoms. The second-order valence-electron chi connectivity index (χ2n) is 7.04. The lowest BCUT2D eigenvalue weighted by molar-refractivity contribution is -0.159. The summed E-state index contributed by atoms with van der Waals surface area (Å²) < 4.78 is 2.90. The Kier molecular flexibility index (Phi) is 10.2. The maximum absolute atomic E-state index is 12.1. The molecule has 9 nitrogen and oxygen atoms in total. The fourth-order valence-corrected chi connectivity index (χ4v) is 3.19. The highest BCUT2D eigenvalue weighted by molar-refractivity contribution is 6.27. The predicted octanol–water partition coefficient (Wildman–Crippen LogP) is 1.06. The normalized spacial score (nSPS) is 14.2. The summed E-state index contributed by atoms with van der Waals surface area (Å²) in [5.74, 6) is -3.65. The molecule has 0 radical (unpaired) electrons. The largest absolute Gasteiger partial charge is 0.473 e. The van der Waals surface area contributed by atoms with Crippen molar-refractivity contribution in [3.63, 3.8) is 0 Å². The van der Waals surface area contributed by atoms with Crippen LogP contribution in [0.2, 0.25) is 0 Å². The third-order valence-corrected chi connectivity index (χ3v) is 4.84. The molecule has 9 heteroatoms. The monoisotopic (exact) mass is 397 g/mol. The van der Waals surface area contributed by atoms with E-state index in [0.29, 0.717) is 6.54 Å². The van der Waals surface area contributed by atoms with Gasteiger partial charge >= 0.3 is 17.6 Å². The van der Waals surface area contributed by atoms with E-state index in [0.717, 1.165) is 18.5 Å². The van der Waals surface area contributed by atoms with E-state index in [4.69, 9.17) is 19.8 Å². The molecule has 2 N–H and O–H groups in total. The SMILES string of the molecule is Cc1cc(=O)n(C)c(=O)n1CCCCCCN1CCCCC1.O=C(O)C(=O)O. The lowest BCUT2D eigenvalue weighted by atomic mass is 10.1. The lowest BCUT2D eigenvalue weighted by Gasteiger charge is -2.26. The van der Waals surface area contributed by atoms with E-state index in [2.05, 4.69) is 4.90 Å². The Bertz CT molecular complexity index is 750. The Morgan fingerprint density at radius 2 is 1.46 bits per heavy atom. The van der Waals surface area contributed by atoms with Crippen molar-refractivity contribution >= 4 is 11.9 Å². The fourth-order valence-electron chi connectivity index (χ4n) is 3.19. The van der Waals surface area contributed by atoms with Crippen LogP contribution in [0, 0.1) is 6.92 Å². The molecule has 0 unspecified atom stereocenters. The minimum absolute atomic E-state index is 0.196. The number of aliphatic carboxylic acids is 2. The molecule has 0 aromatic carbocycles. The smallest absolute Gasteiger partial charge is 0.414 e. The standard InChI is InChI=1S/C17H29N3O2.C2H2O4/c1-15-14-16(21)18(2)17(22)20(15)13-9-4-3-6-10-19-11-7-5-8-12-19;3-1(4)2(5)6/h14H,3-13H2,1-2H3;(H,3,4)(H,5,6). The van der Waals surface area contributed by atoms with Crippen LogP contribution in [0.25, 0.3) is 0 Å². The Balaban J connectivity index is 0.000000568. The van der Waals surface area contributed by atoms with Crippen molar-refractivity contribution in [1.82, 2.24) is 14.0 Å². The quantitative estimate of drug-likeness (QED) is 0.521. The molecular weight excluding hydrogens is 366 g/mol. The van der Waals surface area contributed by atoms with Gasteiger partial charge < -0.3 is 15.1 Å². The van der Waals surface area contributed by atoms with Gasteiger partial charge in [0.25, 0.3) is 5.56 Å². The van der Waals surface area contributed by atoms with Crippen molar-refractivity contribution in [3.8, 4) is 0 Å². The van der Waals surface area contributed by atoms with Crippen molar-refractivity contribution in [1.29, 1.82) is 0 Å². The van der Waals surface area contributed by atoms with Crippen molar-refractivity contribution in [3.05, 3.63) is 32.6 Å². The van der Waals surface area contributed by atoms with Gasteiger partial charge in [-0.1, -0.05) is 19.3 Å². The Hall–Kier alpha value is -2.42. The Morgan fingerprint density at radius 1 is 0.929 bits per heavy atom. The summed E-state index contributed by atoms with van der Waals surface area (Å²) in [5, 5.41) is 14.8. The van der Waals surface area contributed by atoms with Crippen LogP contribution in [0.5, 0.6) is 0 Å². The van der Waals surface area contributed by atoms with Crippen LogP contribution >= 0.6 is 0 Å². The van der Waals surface area contributed by atoms with Crippen LogP contribution in [-0.4, -0.2) is 55.8 Å². The summed E-state index contributed by atoms with van der Waals surface area (Å²) in [6.45, 7) is 6.31. The van der Waals surface area contributed by atoms with Crippen LogP contribution in [-0.2, 0) is 23.2 Å². The van der Waals surface area contributed by atoms with Crippen molar-refractivity contribution in [2.75, 3.05) is 19.6 Å². The number of unbranched alkanes of at least 4 members (excludes halogenated alkanes) is 3. The molecule has 158 valence electrons. The van der Waals surface area contributed by atoms with Crippen LogP contribution in [0.1, 0.15) is 50.6 Å². The summed E-state index contributed by atoms with van der Waals surface area (Å²) in [5.41, 5.74) is 0.347. The summed E-state index contributed by atoms with van der Waals surface area (Å²) in [6.07, 6.45) is 8.72. The van der Waals surface area contributed by atoms with Gasteiger partial charge in [-0.05, 0) is 52.2 Å². The summed E-state index contributed by atoms with van der Waals surface area (Å²) in [6, 6.07) is 1.54. The number of carboxylic acid groups (broad SMARTS) is 2. The molecule has 28 heavy (non-hydrogen) atoms. The van der Waals surface area contributed by atoms with Gasteiger partial charge in [-0.15, -0.1) is 0 Å². The first kappa shape index (κ1) is 23.6. The Labute approximate surface area is 164 Å². The molecule has 1 saturated heterocycles. The first-order chi connectivity index (χ1) is 13.2. The van der Waals surface area contributed by atoms with E-state index in [1.165, 1.54) is 62.4 Å². The number of carboxylic acids is 2. The zero-order valence-corrected chi connectivity index (χ0v) is 16.7. The van der Waals surface area contributed by atoms with Gasteiger partial charge in [-0.3, -0.25) is 13.9 Å². The molecule has 0 aliphatic carbocycles. The number of aryl methyl sites for hydroxylation is 1. The summed E-state index contributed by atoms with van der Waals surface area (Å²) in [7, 11) is 1.54. The van der Waals surface area contributed by atoms with Crippen molar-refractivity contribution in [2.24, 2.45) is 7.05 Å². The molecule has 2 heterocycles. The van der Waals surface area contributed by atoms with Crippen molar-refractivity contribution < 1.29 is 19.8 Å². The minimum atomic E-state index is -1.82. The second-order valence-corrected chi connectivity index (χ2v) is 7.04. The van der Waals surface area contributed by atoms with E-state index in [1.807, 2.05) is 6.92 Å². The Morgan fingerprint density at radius 3 is 2.00 bits per heavy atom. The number of aromatic nitrogens is 2. The van der Waals surface area contributed by atoms with Crippen LogP contribution in [0.15, 0.2) is 15.7 Å². The van der Waals surface area contributed by atoms with Gasteiger partial charge in [0.2, 0.25) is 0 Å². The minimum Gasteiger partial charge on any atom is -0.473 e. The molecule has 0 amide bonds. The molecule has 0 saturated carbocycles. The molecule has 0 atom stereocenters. The molecule has 1 aliphatic heterocycles. The number of piperidine rings is 1. The van der Waals surface area contributed by atoms with Crippen LogP contribution < -0.4 is 11.2 Å². The van der Waals surface area contributed by atoms with E-state index in [9.17, 15) is 9.59 Å². The molecule has 1 fully saturated rings. The van der Waals surface area contributed by atoms with E-state index >= 15 is 0 Å². The zero-order chi connectivity index (χ0) is 21.1. The lowest BCUT2D eigenvalue weighted by Crippen LogP contribution is -2.38. The third kappa shape index (κ3) is 8.08. The third-order valence-electron chi connectivity index (χ3n) is 4.84.